The van der Waals surface area contributed by atoms with E-state index in [4.69, 9.17) is 11.6 Å². The second-order valence-electron chi connectivity index (χ2n) is 3.88. The quantitative estimate of drug-likeness (QED) is 0.865. The molecule has 0 unspecified atom stereocenters. The summed E-state index contributed by atoms with van der Waals surface area (Å²) in [7, 11) is 0. The first-order chi connectivity index (χ1) is 8.65. The van der Waals surface area contributed by atoms with E-state index < -0.39 is 0 Å². The van der Waals surface area contributed by atoms with Crippen LogP contribution in [0.3, 0.4) is 0 Å². The van der Waals surface area contributed by atoms with Crippen LogP contribution in [0.2, 0.25) is 0 Å². The zero-order chi connectivity index (χ0) is 13.1. The van der Waals surface area contributed by atoms with Crippen molar-refractivity contribution >= 4 is 11.6 Å². The third-order valence-corrected chi connectivity index (χ3v) is 2.95. The minimum Gasteiger partial charge on any atom is -0.506 e. The van der Waals surface area contributed by atoms with Crippen molar-refractivity contribution in [3.8, 4) is 11.4 Å². The Bertz CT molecular complexity index is 605. The molecule has 0 bridgehead atoms. The number of benzene rings is 1. The van der Waals surface area contributed by atoms with Gasteiger partial charge in [0.1, 0.15) is 11.4 Å². The minimum absolute atomic E-state index is 0.0547. The second-order valence-corrected chi connectivity index (χ2v) is 4.15. The van der Waals surface area contributed by atoms with E-state index in [2.05, 4.69) is 12.0 Å². The fraction of sp³-hybridized carbons (Fsp3) is 0.231. The first kappa shape index (κ1) is 12.6. The Labute approximate surface area is 109 Å². The average molecular weight is 265 g/mol. The number of aromatic nitrogens is 2. The number of rotatable bonds is 3. The molecule has 0 aliphatic rings. The van der Waals surface area contributed by atoms with Gasteiger partial charge in [-0.2, -0.15) is 9.78 Å². The Hall–Kier alpha value is -1.81. The van der Waals surface area contributed by atoms with Gasteiger partial charge in [0.05, 0.1) is 11.6 Å². The number of hydrogen-bond donors (Lipinski definition) is 1. The number of hydrogen-bond acceptors (Lipinski definition) is 3. The Morgan fingerprint density at radius 3 is 2.56 bits per heavy atom. The van der Waals surface area contributed by atoms with E-state index in [1.54, 1.807) is 0 Å². The third-order valence-electron chi connectivity index (χ3n) is 2.70. The van der Waals surface area contributed by atoms with Crippen LogP contribution < -0.4 is 5.56 Å². The highest BCUT2D eigenvalue weighted by Crippen LogP contribution is 2.14. The lowest BCUT2D eigenvalue weighted by Gasteiger charge is -2.07. The van der Waals surface area contributed by atoms with Gasteiger partial charge in [-0.15, -0.1) is 11.6 Å². The highest BCUT2D eigenvalue weighted by atomic mass is 35.5. The molecule has 1 aromatic carbocycles. The molecule has 0 amide bonds. The van der Waals surface area contributed by atoms with Crippen molar-refractivity contribution in [1.82, 2.24) is 9.78 Å². The van der Waals surface area contributed by atoms with E-state index in [1.807, 2.05) is 24.3 Å². The van der Waals surface area contributed by atoms with Gasteiger partial charge in [0, 0.05) is 6.07 Å². The van der Waals surface area contributed by atoms with Crippen molar-refractivity contribution in [2.75, 3.05) is 0 Å². The lowest BCUT2D eigenvalue weighted by Crippen LogP contribution is -2.21. The molecule has 1 N–H and O–H groups in total. The van der Waals surface area contributed by atoms with Crippen molar-refractivity contribution in [3.63, 3.8) is 0 Å². The standard InChI is InChI=1S/C13H13ClN2O2/c1-2-9-3-5-10(6-4-9)16-13(18)7-12(17)11(8-14)15-16/h3-7,17H,2,8H2,1H3. The van der Waals surface area contributed by atoms with E-state index in [0.717, 1.165) is 12.5 Å². The van der Waals surface area contributed by atoms with Gasteiger partial charge in [-0.05, 0) is 24.1 Å². The Kier molecular flexibility index (Phi) is 3.67. The molecule has 94 valence electrons. The predicted octanol–water partition coefficient (Wildman–Crippen LogP) is 2.24. The fourth-order valence-electron chi connectivity index (χ4n) is 1.64. The van der Waals surface area contributed by atoms with Crippen LogP contribution in [0, 0.1) is 0 Å². The molecule has 2 aromatic rings. The van der Waals surface area contributed by atoms with Gasteiger partial charge in [-0.25, -0.2) is 0 Å². The normalized spacial score (nSPS) is 10.6. The maximum absolute atomic E-state index is 11.8. The highest BCUT2D eigenvalue weighted by Gasteiger charge is 2.08. The number of nitrogens with zero attached hydrogens (tertiary/aromatic N) is 2. The van der Waals surface area contributed by atoms with E-state index in [1.165, 1.54) is 10.2 Å². The molecule has 0 saturated heterocycles. The predicted molar refractivity (Wildman–Crippen MR) is 70.4 cm³/mol. The average Bonchev–Trinajstić information content (AvgIpc) is 2.39. The van der Waals surface area contributed by atoms with Crippen molar-refractivity contribution in [3.05, 3.63) is 51.9 Å². The summed E-state index contributed by atoms with van der Waals surface area (Å²) >= 11 is 5.65. The topological polar surface area (TPSA) is 55.1 Å². The van der Waals surface area contributed by atoms with Gasteiger partial charge >= 0.3 is 0 Å². The maximum Gasteiger partial charge on any atom is 0.275 e. The van der Waals surface area contributed by atoms with E-state index in [0.29, 0.717) is 5.69 Å². The molecule has 0 aliphatic heterocycles. The summed E-state index contributed by atoms with van der Waals surface area (Å²) in [6, 6.07) is 8.65. The second kappa shape index (κ2) is 5.23. The molecule has 0 atom stereocenters. The van der Waals surface area contributed by atoms with Crippen LogP contribution in [0.15, 0.2) is 35.1 Å². The first-order valence-electron chi connectivity index (χ1n) is 5.63. The van der Waals surface area contributed by atoms with Crippen LogP contribution in [0.25, 0.3) is 5.69 Å². The lowest BCUT2D eigenvalue weighted by atomic mass is 10.1. The van der Waals surface area contributed by atoms with E-state index >= 15 is 0 Å². The lowest BCUT2D eigenvalue weighted by molar-refractivity contribution is 0.460. The zero-order valence-corrected chi connectivity index (χ0v) is 10.7. The van der Waals surface area contributed by atoms with Crippen molar-refractivity contribution in [2.24, 2.45) is 0 Å². The molecule has 4 nitrogen and oxygen atoms in total. The van der Waals surface area contributed by atoms with Crippen LogP contribution in [0.5, 0.6) is 5.75 Å². The maximum atomic E-state index is 11.8. The third kappa shape index (κ3) is 2.38. The number of halogens is 1. The molecule has 5 heteroatoms. The van der Waals surface area contributed by atoms with E-state index in [-0.39, 0.29) is 22.9 Å². The molecule has 18 heavy (non-hydrogen) atoms. The summed E-state index contributed by atoms with van der Waals surface area (Å²) in [6.07, 6.45) is 0.936. The molecule has 0 radical (unpaired) electrons. The summed E-state index contributed by atoms with van der Waals surface area (Å²) in [6.45, 7) is 2.06. The fourth-order valence-corrected chi connectivity index (χ4v) is 1.83. The summed E-state index contributed by atoms with van der Waals surface area (Å²) in [4.78, 5) is 11.8. The molecule has 0 spiro atoms. The molecule has 1 aromatic heterocycles. The van der Waals surface area contributed by atoms with Gasteiger partial charge in [0.2, 0.25) is 0 Å². The highest BCUT2D eigenvalue weighted by molar-refractivity contribution is 6.17. The first-order valence-corrected chi connectivity index (χ1v) is 6.16. The van der Waals surface area contributed by atoms with Gasteiger partial charge in [0.15, 0.2) is 0 Å². The Morgan fingerprint density at radius 2 is 2.00 bits per heavy atom. The summed E-state index contributed by atoms with van der Waals surface area (Å²) in [5.41, 5.74) is 1.74. The van der Waals surface area contributed by atoms with Gasteiger partial charge in [-0.3, -0.25) is 4.79 Å². The molecule has 0 aliphatic carbocycles. The van der Waals surface area contributed by atoms with Gasteiger partial charge < -0.3 is 5.11 Å². The molecule has 2 rings (SSSR count). The number of aryl methyl sites for hydroxylation is 1. The van der Waals surface area contributed by atoms with Gasteiger partial charge in [-0.1, -0.05) is 19.1 Å². The van der Waals surface area contributed by atoms with Crippen LogP contribution >= 0.6 is 11.6 Å². The van der Waals surface area contributed by atoms with Crippen LogP contribution in [0.1, 0.15) is 18.2 Å². The van der Waals surface area contributed by atoms with Crippen molar-refractivity contribution < 1.29 is 5.11 Å². The van der Waals surface area contributed by atoms with Crippen LogP contribution in [0.4, 0.5) is 0 Å². The summed E-state index contributed by atoms with van der Waals surface area (Å²) in [5, 5.41) is 13.5. The monoisotopic (exact) mass is 264 g/mol. The SMILES string of the molecule is CCc1ccc(-n2nc(CCl)c(O)cc2=O)cc1. The molecular weight excluding hydrogens is 252 g/mol. The van der Waals surface area contributed by atoms with Crippen molar-refractivity contribution in [2.45, 2.75) is 19.2 Å². The molecule has 1 heterocycles. The summed E-state index contributed by atoms with van der Waals surface area (Å²) < 4.78 is 1.23. The van der Waals surface area contributed by atoms with E-state index in [9.17, 15) is 9.90 Å². The summed E-state index contributed by atoms with van der Waals surface area (Å²) in [5.74, 6) is -0.115. The van der Waals surface area contributed by atoms with Gasteiger partial charge in [0.25, 0.3) is 5.56 Å². The minimum atomic E-state index is -0.384. The zero-order valence-electron chi connectivity index (χ0n) is 9.93. The largest absolute Gasteiger partial charge is 0.506 e. The number of aromatic hydroxyl groups is 1. The van der Waals surface area contributed by atoms with Crippen LogP contribution in [-0.2, 0) is 12.3 Å². The molecule has 0 saturated carbocycles. The molecule has 0 fully saturated rings. The van der Waals surface area contributed by atoms with Crippen LogP contribution in [-0.4, -0.2) is 14.9 Å². The number of alkyl halides is 1. The Balaban J connectivity index is 2.52. The van der Waals surface area contributed by atoms with Crippen molar-refractivity contribution in [1.29, 1.82) is 0 Å². The Morgan fingerprint density at radius 1 is 1.33 bits per heavy atom. The molecular formula is C13H13ClN2O2. The smallest absolute Gasteiger partial charge is 0.275 e.